The quantitative estimate of drug-likeness (QED) is 0.305. The normalized spacial score (nSPS) is 17.0. The molecule has 0 unspecified atom stereocenters. The Bertz CT molecular complexity index is 1490. The lowest BCUT2D eigenvalue weighted by atomic mass is 10.0. The van der Waals surface area contributed by atoms with Crippen molar-refractivity contribution >= 4 is 57.7 Å². The highest BCUT2D eigenvalue weighted by molar-refractivity contribution is 7.99. The van der Waals surface area contributed by atoms with Crippen LogP contribution in [0, 0.1) is 0 Å². The van der Waals surface area contributed by atoms with Crippen LogP contribution in [0.1, 0.15) is 35.1 Å². The fourth-order valence-electron chi connectivity index (χ4n) is 4.86. The Morgan fingerprint density at radius 1 is 1.00 bits per heavy atom. The molecule has 0 saturated carbocycles. The highest BCUT2D eigenvalue weighted by atomic mass is 35.5. The second-order valence-corrected chi connectivity index (χ2v) is 10.9. The van der Waals surface area contributed by atoms with Gasteiger partial charge in [0.15, 0.2) is 0 Å². The van der Waals surface area contributed by atoms with Gasteiger partial charge in [-0.1, -0.05) is 60.1 Å². The lowest BCUT2D eigenvalue weighted by Crippen LogP contribution is -2.53. The minimum absolute atomic E-state index is 0.143. The lowest BCUT2D eigenvalue weighted by Gasteiger charge is -2.30. The van der Waals surface area contributed by atoms with Crippen LogP contribution in [0.5, 0.6) is 0 Å². The molecule has 0 radical (unpaired) electrons. The summed E-state index contributed by atoms with van der Waals surface area (Å²) in [4.78, 5) is 48.2. The monoisotopic (exact) mass is 560 g/mol. The van der Waals surface area contributed by atoms with Crippen molar-refractivity contribution in [3.63, 3.8) is 0 Å². The van der Waals surface area contributed by atoms with E-state index in [1.165, 1.54) is 16.7 Å². The minimum atomic E-state index is -0.952. The molecule has 1 aliphatic heterocycles. The van der Waals surface area contributed by atoms with Gasteiger partial charge in [-0.25, -0.2) is 0 Å². The molecular formula is C30H29ClN4O3S. The molecule has 5 rings (SSSR count). The molecule has 4 aromatic rings. The summed E-state index contributed by atoms with van der Waals surface area (Å²) in [5.41, 5.74) is 2.66. The first kappa shape index (κ1) is 26.8. The number of amides is 3. The second-order valence-electron chi connectivity index (χ2n) is 9.27. The number of carbonyl (C=O) groups is 3. The largest absolute Gasteiger partial charge is 0.351 e. The van der Waals surface area contributed by atoms with Crippen LogP contribution >= 0.6 is 23.4 Å². The number of para-hydroxylation sites is 1. The Morgan fingerprint density at radius 2 is 1.72 bits per heavy atom. The number of nitrogens with zero attached hydrogens (tertiary/aromatic N) is 2. The van der Waals surface area contributed by atoms with E-state index in [2.05, 4.69) is 10.3 Å². The van der Waals surface area contributed by atoms with Crippen LogP contribution in [-0.2, 0) is 9.59 Å². The van der Waals surface area contributed by atoms with Crippen LogP contribution in [0.15, 0.2) is 83.8 Å². The molecule has 0 spiro atoms. The molecule has 0 aliphatic carbocycles. The van der Waals surface area contributed by atoms with E-state index in [1.807, 2.05) is 74.5 Å². The third kappa shape index (κ3) is 5.53. The van der Waals surface area contributed by atoms with Gasteiger partial charge in [0.25, 0.3) is 11.8 Å². The van der Waals surface area contributed by atoms with E-state index in [0.29, 0.717) is 29.5 Å². The standard InChI is InChI=1S/C30H29ClN4O3S/c1-3-34(4-2)26(36)18-35-24-15-14-21(31)17-25(24)39-28(19-10-6-5-7-11-19)27(30(35)38)33-29(37)23-16-20-12-8-9-13-22(20)32-23/h5-17,27-28,32H,3-4,18H2,1-2H3,(H,33,37)/t27-,28+/m1/s1. The van der Waals surface area contributed by atoms with E-state index in [1.54, 1.807) is 23.1 Å². The summed E-state index contributed by atoms with van der Waals surface area (Å²) in [7, 11) is 0. The van der Waals surface area contributed by atoms with Crippen LogP contribution in [-0.4, -0.2) is 53.3 Å². The molecular weight excluding hydrogens is 532 g/mol. The molecule has 1 aromatic heterocycles. The fourth-order valence-corrected chi connectivity index (χ4v) is 6.47. The summed E-state index contributed by atoms with van der Waals surface area (Å²) in [6.45, 7) is 4.74. The smallest absolute Gasteiger partial charge is 0.268 e. The maximum atomic E-state index is 14.3. The Hall–Kier alpha value is -3.75. The summed E-state index contributed by atoms with van der Waals surface area (Å²) in [6, 6.07) is 23.3. The van der Waals surface area contributed by atoms with Crippen LogP contribution < -0.4 is 10.2 Å². The third-order valence-electron chi connectivity index (χ3n) is 6.90. The average Bonchev–Trinajstić information content (AvgIpc) is 3.35. The van der Waals surface area contributed by atoms with E-state index in [-0.39, 0.29) is 18.4 Å². The Kier molecular flexibility index (Phi) is 7.95. The number of H-pyrrole nitrogens is 1. The van der Waals surface area contributed by atoms with Crippen molar-refractivity contribution in [1.82, 2.24) is 15.2 Å². The molecule has 3 amide bonds. The van der Waals surface area contributed by atoms with Gasteiger partial charge in [-0.05, 0) is 49.7 Å². The number of aromatic amines is 1. The van der Waals surface area contributed by atoms with E-state index in [9.17, 15) is 14.4 Å². The van der Waals surface area contributed by atoms with E-state index >= 15 is 0 Å². The molecule has 9 heteroatoms. The number of likely N-dealkylation sites (N-methyl/N-ethyl adjacent to an activating group) is 1. The molecule has 2 atom stereocenters. The van der Waals surface area contributed by atoms with E-state index in [0.717, 1.165) is 21.4 Å². The summed E-state index contributed by atoms with van der Waals surface area (Å²) in [5, 5.41) is 3.97. The molecule has 1 aliphatic rings. The van der Waals surface area contributed by atoms with Crippen LogP contribution in [0.2, 0.25) is 5.02 Å². The summed E-state index contributed by atoms with van der Waals surface area (Å²) < 4.78 is 0. The molecule has 0 fully saturated rings. The number of thioether (sulfide) groups is 1. The van der Waals surface area contributed by atoms with Gasteiger partial charge < -0.3 is 20.1 Å². The van der Waals surface area contributed by atoms with Gasteiger partial charge in [0.1, 0.15) is 18.3 Å². The average molecular weight is 561 g/mol. The zero-order valence-electron chi connectivity index (χ0n) is 21.7. The maximum absolute atomic E-state index is 14.3. The first-order chi connectivity index (χ1) is 18.9. The van der Waals surface area contributed by atoms with Crippen LogP contribution in [0.4, 0.5) is 5.69 Å². The van der Waals surface area contributed by atoms with Crippen molar-refractivity contribution in [3.05, 3.63) is 95.1 Å². The first-order valence-electron chi connectivity index (χ1n) is 12.9. The topological polar surface area (TPSA) is 85.5 Å². The van der Waals surface area contributed by atoms with Gasteiger partial charge in [-0.2, -0.15) is 0 Å². The van der Waals surface area contributed by atoms with Crippen molar-refractivity contribution in [2.24, 2.45) is 0 Å². The number of rotatable bonds is 7. The van der Waals surface area contributed by atoms with Crippen molar-refractivity contribution in [2.45, 2.75) is 30.0 Å². The van der Waals surface area contributed by atoms with Gasteiger partial charge in [-0.15, -0.1) is 11.8 Å². The minimum Gasteiger partial charge on any atom is -0.351 e. The SMILES string of the molecule is CCN(CC)C(=O)CN1C(=O)[C@H](NC(=O)c2cc3ccccc3[nH]2)[C@H](c2ccccc2)Sc2cc(Cl)ccc21. The molecule has 200 valence electrons. The lowest BCUT2D eigenvalue weighted by molar-refractivity contribution is -0.131. The molecule has 0 saturated heterocycles. The molecule has 7 nitrogen and oxygen atoms in total. The molecule has 39 heavy (non-hydrogen) atoms. The number of anilines is 1. The van der Waals surface area contributed by atoms with Crippen molar-refractivity contribution in [2.75, 3.05) is 24.5 Å². The van der Waals surface area contributed by atoms with Crippen molar-refractivity contribution in [3.8, 4) is 0 Å². The number of benzene rings is 3. The number of halogens is 1. The van der Waals surface area contributed by atoms with E-state index < -0.39 is 17.2 Å². The predicted molar refractivity (Wildman–Crippen MR) is 156 cm³/mol. The summed E-state index contributed by atoms with van der Waals surface area (Å²) in [5.74, 6) is -0.925. The molecule has 3 aromatic carbocycles. The predicted octanol–water partition coefficient (Wildman–Crippen LogP) is 5.67. The van der Waals surface area contributed by atoms with Gasteiger partial charge in [0.2, 0.25) is 5.91 Å². The molecule has 0 bridgehead atoms. The van der Waals surface area contributed by atoms with Crippen molar-refractivity contribution < 1.29 is 14.4 Å². The maximum Gasteiger partial charge on any atom is 0.268 e. The van der Waals surface area contributed by atoms with E-state index in [4.69, 9.17) is 11.6 Å². The highest BCUT2D eigenvalue weighted by Gasteiger charge is 2.40. The number of hydrogen-bond donors (Lipinski definition) is 2. The summed E-state index contributed by atoms with van der Waals surface area (Å²) >= 11 is 7.84. The zero-order valence-corrected chi connectivity index (χ0v) is 23.3. The number of fused-ring (bicyclic) bond motifs is 2. The van der Waals surface area contributed by atoms with Gasteiger partial charge in [-0.3, -0.25) is 14.4 Å². The number of nitrogens with one attached hydrogen (secondary N) is 2. The number of hydrogen-bond acceptors (Lipinski definition) is 4. The fraction of sp³-hybridized carbons (Fsp3) is 0.233. The Morgan fingerprint density at radius 3 is 2.44 bits per heavy atom. The zero-order chi connectivity index (χ0) is 27.5. The van der Waals surface area contributed by atoms with Crippen LogP contribution in [0.25, 0.3) is 10.9 Å². The van der Waals surface area contributed by atoms with Gasteiger partial charge in [0, 0.05) is 33.9 Å². The van der Waals surface area contributed by atoms with Gasteiger partial charge >= 0.3 is 0 Å². The molecule has 2 N–H and O–H groups in total. The Balaban J connectivity index is 1.57. The van der Waals surface area contributed by atoms with Crippen LogP contribution in [0.3, 0.4) is 0 Å². The summed E-state index contributed by atoms with van der Waals surface area (Å²) in [6.07, 6.45) is 0. The third-order valence-corrected chi connectivity index (χ3v) is 8.51. The second kappa shape index (κ2) is 11.6. The Labute approximate surface area is 236 Å². The highest BCUT2D eigenvalue weighted by Crippen LogP contribution is 2.46. The number of carbonyl (C=O) groups excluding carboxylic acids is 3. The van der Waals surface area contributed by atoms with Crippen molar-refractivity contribution in [1.29, 1.82) is 0 Å². The first-order valence-corrected chi connectivity index (χ1v) is 14.1. The number of aromatic nitrogens is 1. The van der Waals surface area contributed by atoms with Gasteiger partial charge in [0.05, 0.1) is 10.9 Å². The molecule has 2 heterocycles.